The molecule has 0 aliphatic carbocycles. The van der Waals surface area contributed by atoms with Gasteiger partial charge in [-0.1, -0.05) is 12.1 Å². The lowest BCUT2D eigenvalue weighted by molar-refractivity contribution is 0.247. The third-order valence-corrected chi connectivity index (χ3v) is 4.86. The molecule has 0 aliphatic rings. The summed E-state index contributed by atoms with van der Waals surface area (Å²) in [5, 5.41) is 12.8. The van der Waals surface area contributed by atoms with E-state index in [0.29, 0.717) is 11.3 Å². The van der Waals surface area contributed by atoms with Crippen molar-refractivity contribution in [1.82, 2.24) is 19.5 Å². The normalized spacial score (nSPS) is 11.9. The van der Waals surface area contributed by atoms with E-state index in [1.165, 1.54) is 41.1 Å². The molecule has 1 aromatic carbocycles. The SMILES string of the molecule is Cc1cc(Nc2ncc(F)c(-c3ccn([C@H](CO)c4cccc(F)c4)c(=O)c3)n2)ccn1. The highest BCUT2D eigenvalue weighted by Gasteiger charge is 2.17. The number of hydrogen-bond acceptors (Lipinski definition) is 6. The number of anilines is 2. The average Bonchev–Trinajstić information content (AvgIpc) is 2.77. The molecule has 0 spiro atoms. The number of nitrogens with zero attached hydrogens (tertiary/aromatic N) is 4. The Morgan fingerprint density at radius 1 is 1.12 bits per heavy atom. The van der Waals surface area contributed by atoms with Gasteiger partial charge in [-0.15, -0.1) is 0 Å². The van der Waals surface area contributed by atoms with Crippen LogP contribution in [0.1, 0.15) is 17.3 Å². The Labute approximate surface area is 182 Å². The molecule has 3 aromatic heterocycles. The first-order valence-corrected chi connectivity index (χ1v) is 9.75. The van der Waals surface area contributed by atoms with Gasteiger partial charge in [0.2, 0.25) is 5.95 Å². The molecule has 2 N–H and O–H groups in total. The van der Waals surface area contributed by atoms with Gasteiger partial charge in [0.05, 0.1) is 18.8 Å². The first-order chi connectivity index (χ1) is 15.4. The van der Waals surface area contributed by atoms with Gasteiger partial charge in [-0.3, -0.25) is 9.78 Å². The maximum absolute atomic E-state index is 14.5. The van der Waals surface area contributed by atoms with E-state index in [2.05, 4.69) is 20.3 Å². The van der Waals surface area contributed by atoms with Gasteiger partial charge >= 0.3 is 0 Å². The van der Waals surface area contributed by atoms with E-state index in [9.17, 15) is 18.7 Å². The van der Waals surface area contributed by atoms with Gasteiger partial charge in [-0.2, -0.15) is 0 Å². The van der Waals surface area contributed by atoms with Crippen LogP contribution in [0.3, 0.4) is 0 Å². The number of aliphatic hydroxyl groups excluding tert-OH is 1. The molecule has 162 valence electrons. The lowest BCUT2D eigenvalue weighted by Gasteiger charge is -2.18. The van der Waals surface area contributed by atoms with Crippen LogP contribution in [-0.4, -0.2) is 31.2 Å². The van der Waals surface area contributed by atoms with Crippen molar-refractivity contribution < 1.29 is 13.9 Å². The molecule has 7 nitrogen and oxygen atoms in total. The van der Waals surface area contributed by atoms with Crippen LogP contribution >= 0.6 is 0 Å². The van der Waals surface area contributed by atoms with Crippen molar-refractivity contribution in [3.8, 4) is 11.3 Å². The van der Waals surface area contributed by atoms with E-state index < -0.39 is 29.8 Å². The third kappa shape index (κ3) is 4.52. The molecule has 0 radical (unpaired) electrons. The Morgan fingerprint density at radius 2 is 1.97 bits per heavy atom. The average molecular weight is 435 g/mol. The number of aliphatic hydroxyl groups is 1. The fourth-order valence-electron chi connectivity index (χ4n) is 3.34. The molecule has 0 bridgehead atoms. The summed E-state index contributed by atoms with van der Waals surface area (Å²) in [6, 6.07) is 11.1. The number of benzene rings is 1. The van der Waals surface area contributed by atoms with Crippen molar-refractivity contribution in [2.24, 2.45) is 0 Å². The summed E-state index contributed by atoms with van der Waals surface area (Å²) in [6.07, 6.45) is 4.07. The second-order valence-electron chi connectivity index (χ2n) is 7.12. The molecule has 3 heterocycles. The number of nitrogens with one attached hydrogen (secondary N) is 1. The lowest BCUT2D eigenvalue weighted by atomic mass is 10.1. The topological polar surface area (TPSA) is 92.9 Å². The molecular formula is C23H19F2N5O2. The minimum atomic E-state index is -0.783. The smallest absolute Gasteiger partial charge is 0.251 e. The summed E-state index contributed by atoms with van der Waals surface area (Å²) < 4.78 is 29.3. The highest BCUT2D eigenvalue weighted by molar-refractivity contribution is 5.62. The maximum atomic E-state index is 14.5. The highest BCUT2D eigenvalue weighted by Crippen LogP contribution is 2.23. The zero-order valence-electron chi connectivity index (χ0n) is 17.0. The fraction of sp³-hybridized carbons (Fsp3) is 0.130. The van der Waals surface area contributed by atoms with Crippen molar-refractivity contribution in [2.75, 3.05) is 11.9 Å². The first-order valence-electron chi connectivity index (χ1n) is 9.75. The molecule has 1 atom stereocenters. The molecular weight excluding hydrogens is 416 g/mol. The van der Waals surface area contributed by atoms with E-state index in [1.54, 1.807) is 24.4 Å². The molecule has 9 heteroatoms. The Kier molecular flexibility index (Phi) is 6.00. The number of halogens is 2. The lowest BCUT2D eigenvalue weighted by Crippen LogP contribution is -2.27. The molecule has 0 aliphatic heterocycles. The minimum absolute atomic E-state index is 0.0520. The van der Waals surface area contributed by atoms with Crippen LogP contribution in [0.25, 0.3) is 11.3 Å². The summed E-state index contributed by atoms with van der Waals surface area (Å²) in [6.45, 7) is 1.42. The third-order valence-electron chi connectivity index (χ3n) is 4.86. The number of aryl methyl sites for hydroxylation is 1. The molecule has 0 unspecified atom stereocenters. The van der Waals surface area contributed by atoms with E-state index in [1.807, 2.05) is 6.92 Å². The van der Waals surface area contributed by atoms with E-state index >= 15 is 0 Å². The van der Waals surface area contributed by atoms with Crippen molar-refractivity contribution in [1.29, 1.82) is 0 Å². The maximum Gasteiger partial charge on any atom is 0.251 e. The molecule has 0 fully saturated rings. The zero-order chi connectivity index (χ0) is 22.7. The predicted octanol–water partition coefficient (Wildman–Crippen LogP) is 3.61. The standard InChI is InChI=1S/C23H19F2N5O2/c1-14-9-18(5-7-26-14)28-23-27-12-19(25)22(29-23)16-6-8-30(21(32)11-16)20(13-31)15-3-2-4-17(24)10-15/h2-12,20,31H,13H2,1H3,(H,26,27,28,29)/t20-/m1/s1. The number of aromatic nitrogens is 4. The number of pyridine rings is 2. The van der Waals surface area contributed by atoms with E-state index in [4.69, 9.17) is 0 Å². The van der Waals surface area contributed by atoms with Gasteiger partial charge in [0.25, 0.3) is 5.56 Å². The van der Waals surface area contributed by atoms with Crippen molar-refractivity contribution in [3.63, 3.8) is 0 Å². The molecule has 0 amide bonds. The summed E-state index contributed by atoms with van der Waals surface area (Å²) in [7, 11) is 0. The van der Waals surface area contributed by atoms with Crippen LogP contribution in [0.2, 0.25) is 0 Å². The van der Waals surface area contributed by atoms with E-state index in [-0.39, 0.29) is 17.2 Å². The van der Waals surface area contributed by atoms with Gasteiger partial charge in [0.1, 0.15) is 11.5 Å². The van der Waals surface area contributed by atoms with Crippen LogP contribution < -0.4 is 10.9 Å². The Hall–Kier alpha value is -3.98. The van der Waals surface area contributed by atoms with Crippen LogP contribution in [-0.2, 0) is 0 Å². The summed E-state index contributed by atoms with van der Waals surface area (Å²) in [5.41, 5.74) is 1.61. The Balaban J connectivity index is 1.67. The summed E-state index contributed by atoms with van der Waals surface area (Å²) in [4.78, 5) is 25.0. The summed E-state index contributed by atoms with van der Waals surface area (Å²) in [5.74, 6) is -1.01. The van der Waals surface area contributed by atoms with Crippen molar-refractivity contribution in [3.05, 3.63) is 100 Å². The van der Waals surface area contributed by atoms with Gasteiger partial charge < -0.3 is 15.0 Å². The van der Waals surface area contributed by atoms with Gasteiger partial charge in [-0.25, -0.2) is 18.7 Å². The summed E-state index contributed by atoms with van der Waals surface area (Å²) >= 11 is 0. The molecule has 32 heavy (non-hydrogen) atoms. The van der Waals surface area contributed by atoms with Gasteiger partial charge in [0, 0.05) is 35.4 Å². The minimum Gasteiger partial charge on any atom is -0.394 e. The second kappa shape index (κ2) is 9.03. The molecule has 0 saturated carbocycles. The second-order valence-corrected chi connectivity index (χ2v) is 7.12. The predicted molar refractivity (Wildman–Crippen MR) is 116 cm³/mol. The molecule has 4 rings (SSSR count). The van der Waals surface area contributed by atoms with Crippen LogP contribution in [0.5, 0.6) is 0 Å². The van der Waals surface area contributed by atoms with Crippen molar-refractivity contribution >= 4 is 11.6 Å². The molecule has 0 saturated heterocycles. The van der Waals surface area contributed by atoms with Crippen LogP contribution in [0.4, 0.5) is 20.4 Å². The Bertz CT molecular complexity index is 1330. The van der Waals surface area contributed by atoms with E-state index in [0.717, 1.165) is 11.9 Å². The first kappa shape index (κ1) is 21.3. The van der Waals surface area contributed by atoms with Crippen LogP contribution in [0.15, 0.2) is 71.9 Å². The Morgan fingerprint density at radius 3 is 2.69 bits per heavy atom. The fourth-order valence-corrected chi connectivity index (χ4v) is 3.34. The highest BCUT2D eigenvalue weighted by atomic mass is 19.1. The van der Waals surface area contributed by atoms with Gasteiger partial charge in [-0.05, 0) is 42.8 Å². The van der Waals surface area contributed by atoms with Crippen LogP contribution in [0, 0.1) is 18.6 Å². The quantitative estimate of drug-likeness (QED) is 0.481. The van der Waals surface area contributed by atoms with Gasteiger partial charge in [0.15, 0.2) is 5.82 Å². The zero-order valence-corrected chi connectivity index (χ0v) is 17.0. The number of rotatable bonds is 6. The van der Waals surface area contributed by atoms with Crippen molar-refractivity contribution in [2.45, 2.75) is 13.0 Å². The largest absolute Gasteiger partial charge is 0.394 e. The monoisotopic (exact) mass is 435 g/mol. The number of hydrogen-bond donors (Lipinski definition) is 2. The molecule has 4 aromatic rings.